The fraction of sp³-hybridized carbons (Fsp3) is 1.00. The van der Waals surface area contributed by atoms with Gasteiger partial charge in [-0.1, -0.05) is 40.5 Å². The van der Waals surface area contributed by atoms with E-state index in [0.717, 1.165) is 19.3 Å². The molecular weight excluding hydrogens is 148 g/mol. The van der Waals surface area contributed by atoms with Gasteiger partial charge >= 0.3 is 0 Å². The number of unbranched alkanes of at least 4 members (excludes halogenated alkanes) is 1. The first-order chi connectivity index (χ1) is 5.27. The molecule has 0 aromatic carbocycles. The van der Waals surface area contributed by atoms with Gasteiger partial charge in [0.25, 0.3) is 0 Å². The van der Waals surface area contributed by atoms with Crippen LogP contribution in [0.3, 0.4) is 0 Å². The zero-order valence-electron chi connectivity index (χ0n) is 9.28. The zero-order chi connectivity index (χ0) is 9.83. The van der Waals surface area contributed by atoms with Crippen molar-refractivity contribution in [3.8, 4) is 0 Å². The van der Waals surface area contributed by atoms with Crippen LogP contribution in [0, 0.1) is 5.41 Å². The van der Waals surface area contributed by atoms with E-state index in [0.29, 0.717) is 0 Å². The van der Waals surface area contributed by atoms with Crippen molar-refractivity contribution in [3.63, 3.8) is 0 Å². The number of rotatable bonds is 4. The van der Waals surface area contributed by atoms with Crippen LogP contribution in [0.1, 0.15) is 60.3 Å². The largest absolute Gasteiger partial charge is 0.390 e. The fourth-order valence-electron chi connectivity index (χ4n) is 1.79. The molecule has 0 saturated carbocycles. The lowest BCUT2D eigenvalue weighted by Crippen LogP contribution is -2.30. The van der Waals surface area contributed by atoms with E-state index in [-0.39, 0.29) is 5.41 Å². The van der Waals surface area contributed by atoms with Crippen molar-refractivity contribution in [2.45, 2.75) is 65.9 Å². The summed E-state index contributed by atoms with van der Waals surface area (Å²) >= 11 is 0. The second kappa shape index (κ2) is 4.27. The molecule has 12 heavy (non-hydrogen) atoms. The van der Waals surface area contributed by atoms with Gasteiger partial charge in [0, 0.05) is 0 Å². The number of aliphatic hydroxyl groups is 1. The molecule has 0 aliphatic heterocycles. The first-order valence-corrected chi connectivity index (χ1v) is 4.99. The van der Waals surface area contributed by atoms with Crippen molar-refractivity contribution in [1.82, 2.24) is 0 Å². The third-order valence-corrected chi connectivity index (χ3v) is 1.98. The Morgan fingerprint density at radius 3 is 1.92 bits per heavy atom. The Hall–Kier alpha value is -0.0400. The highest BCUT2D eigenvalue weighted by Gasteiger charge is 2.26. The highest BCUT2D eigenvalue weighted by molar-refractivity contribution is 4.78. The Kier molecular flexibility index (Phi) is 4.25. The summed E-state index contributed by atoms with van der Waals surface area (Å²) in [5, 5.41) is 9.98. The molecule has 0 heterocycles. The Morgan fingerprint density at radius 1 is 1.08 bits per heavy atom. The molecule has 0 fully saturated rings. The summed E-state index contributed by atoms with van der Waals surface area (Å²) in [4.78, 5) is 0. The summed E-state index contributed by atoms with van der Waals surface area (Å²) in [6.07, 6.45) is 4.12. The highest BCUT2D eigenvalue weighted by atomic mass is 16.3. The first kappa shape index (κ1) is 12.0. The minimum atomic E-state index is -0.464. The minimum Gasteiger partial charge on any atom is -0.390 e. The van der Waals surface area contributed by atoms with Crippen LogP contribution in [-0.4, -0.2) is 10.7 Å². The van der Waals surface area contributed by atoms with E-state index in [1.807, 2.05) is 6.92 Å². The molecule has 0 radical (unpaired) electrons. The van der Waals surface area contributed by atoms with E-state index in [1.165, 1.54) is 6.42 Å². The van der Waals surface area contributed by atoms with Crippen LogP contribution in [0.4, 0.5) is 0 Å². The van der Waals surface area contributed by atoms with E-state index in [2.05, 4.69) is 27.7 Å². The summed E-state index contributed by atoms with van der Waals surface area (Å²) in [6.45, 7) is 10.6. The van der Waals surface area contributed by atoms with E-state index >= 15 is 0 Å². The smallest absolute Gasteiger partial charge is 0.0624 e. The molecular formula is C11H24O. The van der Waals surface area contributed by atoms with Crippen molar-refractivity contribution < 1.29 is 5.11 Å². The molecule has 74 valence electrons. The highest BCUT2D eigenvalue weighted by Crippen LogP contribution is 2.30. The van der Waals surface area contributed by atoms with Crippen molar-refractivity contribution in [2.75, 3.05) is 0 Å². The van der Waals surface area contributed by atoms with Gasteiger partial charge in [0.15, 0.2) is 0 Å². The maximum Gasteiger partial charge on any atom is 0.0624 e. The van der Waals surface area contributed by atoms with Gasteiger partial charge in [-0.2, -0.15) is 0 Å². The third-order valence-electron chi connectivity index (χ3n) is 1.98. The van der Waals surface area contributed by atoms with Gasteiger partial charge in [-0.05, 0) is 25.2 Å². The second-order valence-corrected chi connectivity index (χ2v) is 5.34. The van der Waals surface area contributed by atoms with E-state index in [9.17, 15) is 5.11 Å². The SMILES string of the molecule is CCCC[C@@](C)(O)CC(C)(C)C. The van der Waals surface area contributed by atoms with Gasteiger partial charge in [0.2, 0.25) is 0 Å². The molecule has 0 bridgehead atoms. The van der Waals surface area contributed by atoms with E-state index in [1.54, 1.807) is 0 Å². The molecule has 0 aliphatic rings. The van der Waals surface area contributed by atoms with Crippen LogP contribution in [0.25, 0.3) is 0 Å². The lowest BCUT2D eigenvalue weighted by molar-refractivity contribution is 0.00959. The van der Waals surface area contributed by atoms with Crippen LogP contribution in [0.5, 0.6) is 0 Å². The standard InChI is InChI=1S/C11H24O/c1-6-7-8-11(5,12)9-10(2,3)4/h12H,6-9H2,1-5H3/t11-/m1/s1. The Bertz CT molecular complexity index is 119. The van der Waals surface area contributed by atoms with Crippen molar-refractivity contribution in [2.24, 2.45) is 5.41 Å². The van der Waals surface area contributed by atoms with Gasteiger partial charge < -0.3 is 5.11 Å². The van der Waals surface area contributed by atoms with Crippen LogP contribution >= 0.6 is 0 Å². The number of hydrogen-bond acceptors (Lipinski definition) is 1. The molecule has 0 aromatic rings. The molecule has 0 aliphatic carbocycles. The van der Waals surface area contributed by atoms with Crippen LogP contribution in [-0.2, 0) is 0 Å². The van der Waals surface area contributed by atoms with Crippen LogP contribution in [0.2, 0.25) is 0 Å². The van der Waals surface area contributed by atoms with Crippen molar-refractivity contribution >= 4 is 0 Å². The zero-order valence-corrected chi connectivity index (χ0v) is 9.28. The fourth-order valence-corrected chi connectivity index (χ4v) is 1.79. The average Bonchev–Trinajstić information content (AvgIpc) is 1.78. The molecule has 0 unspecified atom stereocenters. The molecule has 1 nitrogen and oxygen atoms in total. The predicted octanol–water partition coefficient (Wildman–Crippen LogP) is 3.36. The van der Waals surface area contributed by atoms with Crippen LogP contribution in [0.15, 0.2) is 0 Å². The summed E-state index contributed by atoms with van der Waals surface area (Å²) in [5.41, 5.74) is -0.231. The molecule has 1 heteroatoms. The van der Waals surface area contributed by atoms with Crippen LogP contribution < -0.4 is 0 Å². The van der Waals surface area contributed by atoms with Gasteiger partial charge in [-0.3, -0.25) is 0 Å². The Labute approximate surface area is 77.2 Å². The quantitative estimate of drug-likeness (QED) is 0.689. The third kappa shape index (κ3) is 6.66. The average molecular weight is 172 g/mol. The number of hydrogen-bond donors (Lipinski definition) is 1. The second-order valence-electron chi connectivity index (χ2n) is 5.34. The maximum absolute atomic E-state index is 9.98. The van der Waals surface area contributed by atoms with Gasteiger partial charge in [-0.25, -0.2) is 0 Å². The monoisotopic (exact) mass is 172 g/mol. The lowest BCUT2D eigenvalue weighted by Gasteiger charge is -2.31. The predicted molar refractivity (Wildman–Crippen MR) is 54.2 cm³/mol. The molecule has 0 spiro atoms. The molecule has 1 N–H and O–H groups in total. The maximum atomic E-state index is 9.98. The molecule has 0 rings (SSSR count). The first-order valence-electron chi connectivity index (χ1n) is 4.99. The molecule has 0 aromatic heterocycles. The molecule has 0 saturated heterocycles. The lowest BCUT2D eigenvalue weighted by atomic mass is 9.80. The molecule has 1 atom stereocenters. The van der Waals surface area contributed by atoms with Gasteiger partial charge in [-0.15, -0.1) is 0 Å². The Morgan fingerprint density at radius 2 is 1.58 bits per heavy atom. The summed E-state index contributed by atoms with van der Waals surface area (Å²) < 4.78 is 0. The minimum absolute atomic E-state index is 0.233. The summed E-state index contributed by atoms with van der Waals surface area (Å²) in [5.74, 6) is 0. The van der Waals surface area contributed by atoms with Gasteiger partial charge in [0.1, 0.15) is 0 Å². The summed E-state index contributed by atoms with van der Waals surface area (Å²) in [7, 11) is 0. The normalized spacial score (nSPS) is 17.5. The van der Waals surface area contributed by atoms with Gasteiger partial charge in [0.05, 0.1) is 5.60 Å². The topological polar surface area (TPSA) is 20.2 Å². The summed E-state index contributed by atoms with van der Waals surface area (Å²) in [6, 6.07) is 0. The molecule has 0 amide bonds. The van der Waals surface area contributed by atoms with E-state index < -0.39 is 5.60 Å². The Balaban J connectivity index is 3.86. The van der Waals surface area contributed by atoms with Crippen molar-refractivity contribution in [3.05, 3.63) is 0 Å². The van der Waals surface area contributed by atoms with Crippen molar-refractivity contribution in [1.29, 1.82) is 0 Å². The van der Waals surface area contributed by atoms with E-state index in [4.69, 9.17) is 0 Å².